The first-order valence-corrected chi connectivity index (χ1v) is 12.8. The van der Waals surface area contributed by atoms with Crippen LogP contribution in [-0.2, 0) is 4.79 Å². The predicted octanol–water partition coefficient (Wildman–Crippen LogP) is 4.60. The Morgan fingerprint density at radius 1 is 0.947 bits per heavy atom. The maximum absolute atomic E-state index is 12.9. The van der Waals surface area contributed by atoms with Gasteiger partial charge in [-0.3, -0.25) is 14.9 Å². The summed E-state index contributed by atoms with van der Waals surface area (Å²) in [5.74, 6) is 0.578. The number of thiocarbonyl (C=S) groups is 1. The van der Waals surface area contributed by atoms with Gasteiger partial charge in [0.2, 0.25) is 0 Å². The number of para-hydroxylation sites is 1. The van der Waals surface area contributed by atoms with Gasteiger partial charge in [0.25, 0.3) is 11.8 Å². The number of anilines is 2. The number of hydrogen-bond acceptors (Lipinski definition) is 6. The van der Waals surface area contributed by atoms with Crippen molar-refractivity contribution in [2.75, 3.05) is 43.0 Å². The van der Waals surface area contributed by atoms with Crippen LogP contribution in [0.3, 0.4) is 0 Å². The van der Waals surface area contributed by atoms with Crippen LogP contribution in [-0.4, -0.2) is 54.6 Å². The number of benzene rings is 3. The molecule has 8 nitrogen and oxygen atoms in total. The molecule has 5 rings (SSSR count). The van der Waals surface area contributed by atoms with Gasteiger partial charge in [0, 0.05) is 42.9 Å². The van der Waals surface area contributed by atoms with Crippen LogP contribution < -0.4 is 20.3 Å². The topological polar surface area (TPSA) is 87.0 Å². The molecular formula is C29H28N4O4S. The van der Waals surface area contributed by atoms with Crippen LogP contribution in [0.2, 0.25) is 0 Å². The lowest BCUT2D eigenvalue weighted by Crippen LogP contribution is -2.48. The van der Waals surface area contributed by atoms with E-state index in [1.165, 1.54) is 0 Å². The molecule has 0 spiro atoms. The SMILES string of the molecule is Cc1ccc(OCC(=O)NC(=S)Nc2ccc(N3CCN(C(=O)c4cc5ccccc5o4)CC3)cc2)cc1. The van der Waals surface area contributed by atoms with E-state index in [2.05, 4.69) is 15.5 Å². The highest BCUT2D eigenvalue weighted by atomic mass is 32.1. The molecule has 1 saturated heterocycles. The minimum atomic E-state index is -0.338. The van der Waals surface area contributed by atoms with Gasteiger partial charge < -0.3 is 24.3 Å². The van der Waals surface area contributed by atoms with E-state index in [0.717, 1.165) is 27.9 Å². The van der Waals surface area contributed by atoms with E-state index < -0.39 is 0 Å². The Balaban J connectivity index is 1.08. The highest BCUT2D eigenvalue weighted by Crippen LogP contribution is 2.23. The monoisotopic (exact) mass is 528 g/mol. The van der Waals surface area contributed by atoms with Crippen molar-refractivity contribution < 1.29 is 18.7 Å². The molecule has 1 aliphatic heterocycles. The molecule has 0 aliphatic carbocycles. The van der Waals surface area contributed by atoms with Gasteiger partial charge in [0.1, 0.15) is 11.3 Å². The van der Waals surface area contributed by atoms with Crippen LogP contribution in [0.15, 0.2) is 83.3 Å². The summed E-state index contributed by atoms with van der Waals surface area (Å²) >= 11 is 5.26. The fourth-order valence-corrected chi connectivity index (χ4v) is 4.51. The van der Waals surface area contributed by atoms with Gasteiger partial charge in [-0.2, -0.15) is 0 Å². The van der Waals surface area contributed by atoms with E-state index in [0.29, 0.717) is 37.7 Å². The lowest BCUT2D eigenvalue weighted by Gasteiger charge is -2.35. The van der Waals surface area contributed by atoms with Gasteiger partial charge in [-0.25, -0.2) is 0 Å². The van der Waals surface area contributed by atoms with E-state index >= 15 is 0 Å². The van der Waals surface area contributed by atoms with Crippen molar-refractivity contribution in [2.45, 2.75) is 6.92 Å². The van der Waals surface area contributed by atoms with Crippen molar-refractivity contribution in [3.63, 3.8) is 0 Å². The zero-order valence-corrected chi connectivity index (χ0v) is 21.8. The van der Waals surface area contributed by atoms with Crippen LogP contribution >= 0.6 is 12.2 Å². The molecule has 0 radical (unpaired) electrons. The Bertz CT molecular complexity index is 1410. The van der Waals surface area contributed by atoms with Gasteiger partial charge in [-0.1, -0.05) is 35.9 Å². The Morgan fingerprint density at radius 3 is 2.37 bits per heavy atom. The maximum atomic E-state index is 12.9. The van der Waals surface area contributed by atoms with Crippen LogP contribution in [0.4, 0.5) is 11.4 Å². The summed E-state index contributed by atoms with van der Waals surface area (Å²) in [5, 5.41) is 6.78. The van der Waals surface area contributed by atoms with Crippen molar-refractivity contribution in [3.8, 4) is 5.75 Å². The Labute approximate surface area is 226 Å². The van der Waals surface area contributed by atoms with E-state index in [1.54, 1.807) is 6.07 Å². The Kier molecular flexibility index (Phi) is 7.55. The number of nitrogens with one attached hydrogen (secondary N) is 2. The van der Waals surface area contributed by atoms with Crippen molar-refractivity contribution in [1.82, 2.24) is 10.2 Å². The van der Waals surface area contributed by atoms with E-state index in [-0.39, 0.29) is 23.5 Å². The lowest BCUT2D eigenvalue weighted by molar-refractivity contribution is -0.121. The molecule has 1 aromatic heterocycles. The number of furan rings is 1. The first-order valence-electron chi connectivity index (χ1n) is 12.4. The smallest absolute Gasteiger partial charge is 0.289 e. The second-order valence-corrected chi connectivity index (χ2v) is 9.49. The number of rotatable bonds is 6. The molecule has 0 atom stereocenters. The molecular weight excluding hydrogens is 500 g/mol. The molecule has 0 bridgehead atoms. The van der Waals surface area contributed by atoms with Crippen molar-refractivity contribution >= 4 is 51.5 Å². The van der Waals surface area contributed by atoms with Gasteiger partial charge >= 0.3 is 0 Å². The van der Waals surface area contributed by atoms with Gasteiger partial charge in [-0.15, -0.1) is 0 Å². The van der Waals surface area contributed by atoms with Crippen LogP contribution in [0, 0.1) is 6.92 Å². The standard InChI is InChI=1S/C29H28N4O4S/c1-20-6-12-24(13-7-20)36-19-27(34)31-29(38)30-22-8-10-23(11-9-22)32-14-16-33(17-15-32)28(35)26-18-21-4-2-3-5-25(21)37-26/h2-13,18H,14-17,19H2,1H3,(H2,30,31,34,38). The molecule has 2 amide bonds. The number of amides is 2. The van der Waals surface area contributed by atoms with Crippen LogP contribution in [0.5, 0.6) is 5.75 Å². The summed E-state index contributed by atoms with van der Waals surface area (Å²) in [6.45, 7) is 4.50. The number of carbonyl (C=O) groups excluding carboxylic acids is 2. The largest absolute Gasteiger partial charge is 0.484 e. The second-order valence-electron chi connectivity index (χ2n) is 9.08. The Morgan fingerprint density at radius 2 is 1.66 bits per heavy atom. The molecule has 2 heterocycles. The lowest BCUT2D eigenvalue weighted by atomic mass is 10.2. The molecule has 1 aliphatic rings. The fraction of sp³-hybridized carbons (Fsp3) is 0.207. The molecule has 9 heteroatoms. The first-order chi connectivity index (χ1) is 18.4. The predicted molar refractivity (Wildman–Crippen MR) is 152 cm³/mol. The third-order valence-electron chi connectivity index (χ3n) is 6.34. The maximum Gasteiger partial charge on any atom is 0.289 e. The van der Waals surface area contributed by atoms with Crippen LogP contribution in [0.1, 0.15) is 16.1 Å². The van der Waals surface area contributed by atoms with Gasteiger partial charge in [0.05, 0.1) is 0 Å². The number of nitrogens with zero attached hydrogens (tertiary/aromatic N) is 2. The number of carbonyl (C=O) groups is 2. The molecule has 4 aromatic rings. The summed E-state index contributed by atoms with van der Waals surface area (Å²) < 4.78 is 11.2. The number of aryl methyl sites for hydroxylation is 1. The minimum Gasteiger partial charge on any atom is -0.484 e. The minimum absolute atomic E-state index is 0.0831. The van der Waals surface area contributed by atoms with Crippen molar-refractivity contribution in [1.29, 1.82) is 0 Å². The van der Waals surface area contributed by atoms with Crippen molar-refractivity contribution in [3.05, 3.63) is 90.2 Å². The third kappa shape index (κ3) is 6.12. The number of fused-ring (bicyclic) bond motifs is 1. The molecule has 0 saturated carbocycles. The molecule has 194 valence electrons. The number of piperazine rings is 1. The van der Waals surface area contributed by atoms with Crippen LogP contribution in [0.25, 0.3) is 11.0 Å². The average molecular weight is 529 g/mol. The summed E-state index contributed by atoms with van der Waals surface area (Å²) in [4.78, 5) is 29.1. The summed E-state index contributed by atoms with van der Waals surface area (Å²) in [5.41, 5.74) is 3.65. The zero-order chi connectivity index (χ0) is 26.5. The third-order valence-corrected chi connectivity index (χ3v) is 6.54. The number of hydrogen-bond donors (Lipinski definition) is 2. The van der Waals surface area contributed by atoms with Gasteiger partial charge in [0.15, 0.2) is 17.5 Å². The van der Waals surface area contributed by atoms with E-state index in [1.807, 2.05) is 84.6 Å². The second kappa shape index (κ2) is 11.4. The molecule has 3 aromatic carbocycles. The normalized spacial score (nSPS) is 13.3. The van der Waals surface area contributed by atoms with E-state index in [9.17, 15) is 9.59 Å². The molecule has 2 N–H and O–H groups in total. The molecule has 0 unspecified atom stereocenters. The summed E-state index contributed by atoms with van der Waals surface area (Å²) in [6, 6.07) is 24.7. The highest BCUT2D eigenvalue weighted by molar-refractivity contribution is 7.80. The highest BCUT2D eigenvalue weighted by Gasteiger charge is 2.24. The fourth-order valence-electron chi connectivity index (χ4n) is 4.27. The quantitative estimate of drug-likeness (QED) is 0.354. The van der Waals surface area contributed by atoms with Gasteiger partial charge in [-0.05, 0) is 67.7 Å². The summed E-state index contributed by atoms with van der Waals surface area (Å²) in [7, 11) is 0. The number of ether oxygens (including phenoxy) is 1. The zero-order valence-electron chi connectivity index (χ0n) is 21.0. The first kappa shape index (κ1) is 25.3. The summed E-state index contributed by atoms with van der Waals surface area (Å²) in [6.07, 6.45) is 0. The molecule has 38 heavy (non-hydrogen) atoms. The Hall–Kier alpha value is -4.37. The average Bonchev–Trinajstić information content (AvgIpc) is 3.37. The van der Waals surface area contributed by atoms with E-state index in [4.69, 9.17) is 21.4 Å². The molecule has 1 fully saturated rings. The van der Waals surface area contributed by atoms with Crippen molar-refractivity contribution in [2.24, 2.45) is 0 Å².